The van der Waals surface area contributed by atoms with Crippen molar-refractivity contribution in [2.75, 3.05) is 24.4 Å². The molecule has 2 aromatic rings. The van der Waals surface area contributed by atoms with E-state index in [2.05, 4.69) is 5.32 Å². The third-order valence-corrected chi connectivity index (χ3v) is 7.83. The van der Waals surface area contributed by atoms with Gasteiger partial charge in [0.2, 0.25) is 0 Å². The Morgan fingerprint density at radius 3 is 2.53 bits per heavy atom. The van der Waals surface area contributed by atoms with Crippen LogP contribution in [0.15, 0.2) is 41.3 Å². The minimum absolute atomic E-state index is 0.0274. The summed E-state index contributed by atoms with van der Waals surface area (Å²) in [6.07, 6.45) is 2.66. The number of esters is 2. The molecule has 1 unspecified atom stereocenters. The van der Waals surface area contributed by atoms with E-state index >= 15 is 0 Å². The van der Waals surface area contributed by atoms with E-state index in [4.69, 9.17) is 14.2 Å². The first-order valence-electron chi connectivity index (χ1n) is 12.5. The third-order valence-electron chi connectivity index (χ3n) is 6.63. The number of benzene rings is 2. The van der Waals surface area contributed by atoms with E-state index in [1.807, 2.05) is 39.0 Å². The number of carbonyl (C=O) groups excluding carboxylic acids is 3. The van der Waals surface area contributed by atoms with Crippen LogP contribution in [0.4, 0.5) is 11.4 Å². The van der Waals surface area contributed by atoms with E-state index in [1.54, 1.807) is 44.0 Å². The number of carbonyl (C=O) groups is 3. The summed E-state index contributed by atoms with van der Waals surface area (Å²) in [6.45, 7) is 9.14. The van der Waals surface area contributed by atoms with Gasteiger partial charge in [0.15, 0.2) is 0 Å². The van der Waals surface area contributed by atoms with Crippen molar-refractivity contribution in [3.63, 3.8) is 0 Å². The molecule has 1 atom stereocenters. The number of rotatable bonds is 7. The summed E-state index contributed by atoms with van der Waals surface area (Å²) in [6, 6.07) is 8.99. The summed E-state index contributed by atoms with van der Waals surface area (Å²) in [5, 5.41) is 3.04. The quantitative estimate of drug-likeness (QED) is 0.363. The Morgan fingerprint density at radius 1 is 1.18 bits per heavy atom. The fourth-order valence-electron chi connectivity index (χ4n) is 4.60. The topological polar surface area (TPSA) is 94.2 Å². The molecule has 1 amide bonds. The lowest BCUT2D eigenvalue weighted by molar-refractivity contribution is -0.144. The second kappa shape index (κ2) is 10.7. The number of methoxy groups -OCH3 is 1. The van der Waals surface area contributed by atoms with Gasteiger partial charge in [0.1, 0.15) is 28.9 Å². The smallest absolute Gasteiger partial charge is 0.320 e. The van der Waals surface area contributed by atoms with Gasteiger partial charge in [0.25, 0.3) is 5.91 Å². The molecule has 0 spiro atoms. The summed E-state index contributed by atoms with van der Waals surface area (Å²) in [5.41, 5.74) is 2.74. The Bertz CT molecular complexity index is 1320. The molecule has 0 aliphatic carbocycles. The largest absolute Gasteiger partial charge is 0.496 e. The fourth-order valence-corrected chi connectivity index (χ4v) is 5.59. The predicted octanol–water partition coefficient (Wildman–Crippen LogP) is 5.54. The normalized spacial score (nSPS) is 18.0. The van der Waals surface area contributed by atoms with E-state index in [9.17, 15) is 14.4 Å². The van der Waals surface area contributed by atoms with Gasteiger partial charge >= 0.3 is 11.9 Å². The highest BCUT2D eigenvalue weighted by molar-refractivity contribution is 8.04. The lowest BCUT2D eigenvalue weighted by Gasteiger charge is -2.39. The lowest BCUT2D eigenvalue weighted by Crippen LogP contribution is -2.52. The van der Waals surface area contributed by atoms with Crippen molar-refractivity contribution in [3.05, 3.63) is 46.9 Å². The number of allylic oxidation sites excluding steroid dienone is 2. The number of nitrogens with zero attached hydrogens (tertiary/aromatic N) is 1. The molecule has 9 heteroatoms. The first-order valence-corrected chi connectivity index (χ1v) is 13.4. The van der Waals surface area contributed by atoms with Crippen LogP contribution in [-0.2, 0) is 25.7 Å². The first-order chi connectivity index (χ1) is 17.9. The summed E-state index contributed by atoms with van der Waals surface area (Å²) >= 11 is 1.50. The average Bonchev–Trinajstić information content (AvgIpc) is 3.31. The number of thioether (sulfide) groups is 1. The number of hydrogen-bond acceptors (Lipinski definition) is 8. The van der Waals surface area contributed by atoms with Crippen LogP contribution in [-0.4, -0.2) is 42.8 Å². The molecular weight excluding hydrogens is 504 g/mol. The zero-order valence-electron chi connectivity index (χ0n) is 22.8. The van der Waals surface area contributed by atoms with Gasteiger partial charge in [-0.3, -0.25) is 14.4 Å². The second-order valence-corrected chi connectivity index (χ2v) is 11.8. The average molecular weight is 539 g/mol. The minimum atomic E-state index is -0.791. The minimum Gasteiger partial charge on any atom is -0.496 e. The molecule has 0 fully saturated rings. The summed E-state index contributed by atoms with van der Waals surface area (Å²) in [4.78, 5) is 40.9. The molecule has 8 nitrogen and oxygen atoms in total. The standard InChI is InChI=1S/C29H34N2O6S/c1-16(2)26(32)37-18-9-10-20(23(14-18)35-7)19-11-12-22-25(31(6)28(34)29(4,5)30-22)21(19)15-36-27(33)24-13-8-17(3)38-24/h8-12,14,16,24,30H,13,15H2,1-7H3. The maximum Gasteiger partial charge on any atom is 0.320 e. The highest BCUT2D eigenvalue weighted by Gasteiger charge is 2.39. The zero-order chi connectivity index (χ0) is 27.8. The van der Waals surface area contributed by atoms with Crippen LogP contribution in [0.5, 0.6) is 11.5 Å². The van der Waals surface area contributed by atoms with Crippen LogP contribution < -0.4 is 19.7 Å². The number of nitrogens with one attached hydrogen (secondary N) is 1. The molecule has 2 aromatic carbocycles. The third kappa shape index (κ3) is 5.38. The van der Waals surface area contributed by atoms with Gasteiger partial charge in [0, 0.05) is 24.2 Å². The summed E-state index contributed by atoms with van der Waals surface area (Å²) in [5.74, 6) is -0.173. The number of likely N-dealkylation sites (N-methyl/N-ethyl adjacent to an activating group) is 1. The molecule has 2 aliphatic rings. The highest BCUT2D eigenvalue weighted by atomic mass is 32.2. The molecule has 2 aliphatic heterocycles. The van der Waals surface area contributed by atoms with Gasteiger partial charge in [-0.15, -0.1) is 11.8 Å². The molecule has 0 saturated carbocycles. The van der Waals surface area contributed by atoms with Crippen LogP contribution in [0.1, 0.15) is 46.6 Å². The number of fused-ring (bicyclic) bond motifs is 1. The van der Waals surface area contributed by atoms with Crippen LogP contribution in [0.25, 0.3) is 11.1 Å². The molecule has 0 bridgehead atoms. The van der Waals surface area contributed by atoms with Crippen molar-refractivity contribution < 1.29 is 28.6 Å². The summed E-state index contributed by atoms with van der Waals surface area (Å²) in [7, 11) is 3.27. The highest BCUT2D eigenvalue weighted by Crippen LogP contribution is 2.45. The maximum absolute atomic E-state index is 13.2. The van der Waals surface area contributed by atoms with Crippen molar-refractivity contribution in [1.29, 1.82) is 0 Å². The number of amides is 1. The lowest BCUT2D eigenvalue weighted by atomic mass is 9.91. The van der Waals surface area contributed by atoms with Crippen molar-refractivity contribution in [3.8, 4) is 22.6 Å². The summed E-state index contributed by atoms with van der Waals surface area (Å²) < 4.78 is 17.0. The monoisotopic (exact) mass is 538 g/mol. The molecule has 0 radical (unpaired) electrons. The van der Waals surface area contributed by atoms with E-state index < -0.39 is 5.54 Å². The molecule has 2 heterocycles. The van der Waals surface area contributed by atoms with Crippen LogP contribution in [0.2, 0.25) is 0 Å². The predicted molar refractivity (Wildman–Crippen MR) is 150 cm³/mol. The van der Waals surface area contributed by atoms with Crippen molar-refractivity contribution >= 4 is 41.0 Å². The van der Waals surface area contributed by atoms with Crippen molar-refractivity contribution in [1.82, 2.24) is 0 Å². The Balaban J connectivity index is 1.77. The zero-order valence-corrected chi connectivity index (χ0v) is 23.7. The number of ether oxygens (including phenoxy) is 3. The Morgan fingerprint density at radius 2 is 1.89 bits per heavy atom. The molecule has 1 N–H and O–H groups in total. The molecular formula is C29H34N2O6S. The number of anilines is 2. The Kier molecular flexibility index (Phi) is 7.78. The molecule has 0 saturated heterocycles. The number of hydrogen-bond donors (Lipinski definition) is 1. The van der Waals surface area contributed by atoms with Crippen LogP contribution >= 0.6 is 11.8 Å². The van der Waals surface area contributed by atoms with E-state index in [0.717, 1.165) is 16.2 Å². The van der Waals surface area contributed by atoms with Crippen LogP contribution in [0, 0.1) is 5.92 Å². The van der Waals surface area contributed by atoms with Gasteiger partial charge in [-0.25, -0.2) is 0 Å². The molecule has 202 valence electrons. The van der Waals surface area contributed by atoms with Gasteiger partial charge in [0.05, 0.1) is 24.4 Å². The van der Waals surface area contributed by atoms with Gasteiger partial charge in [-0.05, 0) is 55.9 Å². The van der Waals surface area contributed by atoms with E-state index in [1.165, 1.54) is 18.9 Å². The molecule has 0 aromatic heterocycles. The molecule has 38 heavy (non-hydrogen) atoms. The van der Waals surface area contributed by atoms with Crippen molar-refractivity contribution in [2.24, 2.45) is 5.92 Å². The Labute approximate surface area is 227 Å². The fraction of sp³-hybridized carbons (Fsp3) is 0.414. The van der Waals surface area contributed by atoms with Crippen LogP contribution in [0.3, 0.4) is 0 Å². The Hall–Kier alpha value is -3.46. The maximum atomic E-state index is 13.2. The first kappa shape index (κ1) is 27.6. The van der Waals surface area contributed by atoms with E-state index in [-0.39, 0.29) is 35.6 Å². The second-order valence-electron chi connectivity index (χ2n) is 10.3. The molecule has 4 rings (SSSR count). The van der Waals surface area contributed by atoms with Gasteiger partial charge in [-0.2, -0.15) is 0 Å². The van der Waals surface area contributed by atoms with Crippen molar-refractivity contribution in [2.45, 2.75) is 58.4 Å². The van der Waals surface area contributed by atoms with E-state index in [0.29, 0.717) is 34.7 Å². The SMILES string of the molecule is COc1cc(OC(=O)C(C)C)ccc1-c1ccc2c(c1COC(=O)C1CC=C(C)S1)N(C)C(=O)C(C)(C)N2. The van der Waals surface area contributed by atoms with Gasteiger partial charge in [-0.1, -0.05) is 26.0 Å². The van der Waals surface area contributed by atoms with Gasteiger partial charge < -0.3 is 24.4 Å².